The summed E-state index contributed by atoms with van der Waals surface area (Å²) < 4.78 is 14.3. The largest absolute Gasteiger partial charge is 0.360 e. The fourth-order valence-corrected chi connectivity index (χ4v) is 3.80. The summed E-state index contributed by atoms with van der Waals surface area (Å²) in [6.45, 7) is 0. The third-order valence-electron chi connectivity index (χ3n) is 4.34. The van der Waals surface area contributed by atoms with Crippen molar-refractivity contribution in [2.24, 2.45) is 5.92 Å². The van der Waals surface area contributed by atoms with Gasteiger partial charge >= 0.3 is 0 Å². The van der Waals surface area contributed by atoms with Crippen LogP contribution in [-0.4, -0.2) is 4.98 Å². The van der Waals surface area contributed by atoms with Crippen molar-refractivity contribution in [1.82, 2.24) is 4.98 Å². The fraction of sp³-hybridized carbons (Fsp3) is 0.500. The van der Waals surface area contributed by atoms with Crippen LogP contribution in [0.1, 0.15) is 44.1 Å². The zero-order valence-electron chi connectivity index (χ0n) is 11.0. The molecule has 1 aliphatic carbocycles. The molecular weight excluding hydrogens is 305 g/mol. The van der Waals surface area contributed by atoms with Crippen LogP contribution in [0.15, 0.2) is 22.8 Å². The lowest BCUT2D eigenvalue weighted by molar-refractivity contribution is 0.339. The topological polar surface area (TPSA) is 15.8 Å². The van der Waals surface area contributed by atoms with Crippen LogP contribution in [0.4, 0.5) is 4.39 Å². The van der Waals surface area contributed by atoms with Crippen molar-refractivity contribution in [2.45, 2.75) is 44.9 Å². The Morgan fingerprint density at radius 2 is 2.00 bits per heavy atom. The quantitative estimate of drug-likeness (QED) is 0.758. The van der Waals surface area contributed by atoms with Crippen LogP contribution in [0.3, 0.4) is 0 Å². The summed E-state index contributed by atoms with van der Waals surface area (Å²) in [4.78, 5) is 3.26. The molecule has 1 aromatic heterocycles. The number of halogens is 2. The minimum atomic E-state index is -0.169. The summed E-state index contributed by atoms with van der Waals surface area (Å²) in [7, 11) is 0. The van der Waals surface area contributed by atoms with Crippen LogP contribution in [0.5, 0.6) is 0 Å². The summed E-state index contributed by atoms with van der Waals surface area (Å²) >= 11 is 3.42. The number of benzene rings is 1. The molecular formula is C16H19BrFN. The van der Waals surface area contributed by atoms with Gasteiger partial charge in [-0.15, -0.1) is 0 Å². The monoisotopic (exact) mass is 323 g/mol. The van der Waals surface area contributed by atoms with Gasteiger partial charge in [0.15, 0.2) is 0 Å². The fourth-order valence-electron chi connectivity index (χ4n) is 3.25. The molecule has 0 atom stereocenters. The predicted octanol–water partition coefficient (Wildman–Crippen LogP) is 5.58. The molecule has 0 spiro atoms. The molecule has 1 saturated carbocycles. The first-order chi connectivity index (χ1) is 9.24. The number of aryl methyl sites for hydroxylation is 1. The van der Waals surface area contributed by atoms with Crippen molar-refractivity contribution in [3.05, 3.63) is 34.2 Å². The first-order valence-corrected chi connectivity index (χ1v) is 7.98. The summed E-state index contributed by atoms with van der Waals surface area (Å²) in [5.74, 6) is 0.702. The highest BCUT2D eigenvalue weighted by molar-refractivity contribution is 9.10. The molecule has 3 rings (SSSR count). The Balaban J connectivity index is 1.77. The van der Waals surface area contributed by atoms with Crippen LogP contribution in [-0.2, 0) is 6.42 Å². The minimum absolute atomic E-state index is 0.169. The molecule has 1 aliphatic rings. The number of hydrogen-bond donors (Lipinski definition) is 1. The number of nitrogens with one attached hydrogen (secondary N) is 1. The average Bonchev–Trinajstić information content (AvgIpc) is 2.81. The van der Waals surface area contributed by atoms with Gasteiger partial charge in [-0.1, -0.05) is 32.1 Å². The van der Waals surface area contributed by atoms with E-state index >= 15 is 0 Å². The Morgan fingerprint density at radius 3 is 2.79 bits per heavy atom. The van der Waals surface area contributed by atoms with E-state index in [4.69, 9.17) is 0 Å². The van der Waals surface area contributed by atoms with Gasteiger partial charge in [0.1, 0.15) is 5.82 Å². The second kappa shape index (κ2) is 5.66. The number of aromatic nitrogens is 1. The molecule has 0 radical (unpaired) electrons. The average molecular weight is 324 g/mol. The van der Waals surface area contributed by atoms with Crippen molar-refractivity contribution < 1.29 is 4.39 Å². The van der Waals surface area contributed by atoms with Crippen molar-refractivity contribution in [2.75, 3.05) is 0 Å². The lowest BCUT2D eigenvalue weighted by atomic mass is 9.85. The minimum Gasteiger partial charge on any atom is -0.360 e. The first kappa shape index (κ1) is 13.2. The zero-order chi connectivity index (χ0) is 13.2. The van der Waals surface area contributed by atoms with E-state index in [-0.39, 0.29) is 5.82 Å². The van der Waals surface area contributed by atoms with E-state index in [2.05, 4.69) is 20.9 Å². The van der Waals surface area contributed by atoms with Gasteiger partial charge in [-0.05, 0) is 52.4 Å². The maximum atomic E-state index is 13.5. The number of aromatic amines is 1. The maximum absolute atomic E-state index is 13.5. The molecule has 0 saturated heterocycles. The Hall–Kier alpha value is -0.830. The molecule has 3 heteroatoms. The second-order valence-electron chi connectivity index (χ2n) is 5.67. The van der Waals surface area contributed by atoms with Crippen molar-refractivity contribution >= 4 is 26.8 Å². The van der Waals surface area contributed by atoms with Gasteiger partial charge in [-0.3, -0.25) is 0 Å². The molecule has 102 valence electrons. The smallest absolute Gasteiger partial charge is 0.125 e. The van der Waals surface area contributed by atoms with E-state index in [1.807, 2.05) is 6.20 Å². The van der Waals surface area contributed by atoms with E-state index in [0.717, 1.165) is 27.7 Å². The Bertz CT molecular complexity index is 569. The number of fused-ring (bicyclic) bond motifs is 1. The van der Waals surface area contributed by atoms with Crippen molar-refractivity contribution in [1.29, 1.82) is 0 Å². The number of rotatable bonds is 3. The molecule has 1 N–H and O–H groups in total. The Morgan fingerprint density at radius 1 is 1.21 bits per heavy atom. The molecule has 0 aliphatic heterocycles. The third-order valence-corrected chi connectivity index (χ3v) is 4.96. The highest BCUT2D eigenvalue weighted by atomic mass is 79.9. The van der Waals surface area contributed by atoms with E-state index < -0.39 is 0 Å². The molecule has 19 heavy (non-hydrogen) atoms. The number of H-pyrrole nitrogens is 1. The Labute approximate surface area is 121 Å². The van der Waals surface area contributed by atoms with Gasteiger partial charge in [0.05, 0.1) is 5.52 Å². The lowest BCUT2D eigenvalue weighted by Gasteiger charge is -2.21. The molecule has 1 aromatic carbocycles. The zero-order valence-corrected chi connectivity index (χ0v) is 12.6. The predicted molar refractivity (Wildman–Crippen MR) is 80.9 cm³/mol. The van der Waals surface area contributed by atoms with Crippen LogP contribution >= 0.6 is 15.9 Å². The van der Waals surface area contributed by atoms with Gasteiger partial charge in [-0.2, -0.15) is 0 Å². The third kappa shape index (κ3) is 2.86. The van der Waals surface area contributed by atoms with Gasteiger partial charge < -0.3 is 4.98 Å². The molecule has 1 heterocycles. The normalized spacial score (nSPS) is 17.2. The maximum Gasteiger partial charge on any atom is 0.125 e. The van der Waals surface area contributed by atoms with Crippen LogP contribution in [0, 0.1) is 11.7 Å². The highest BCUT2D eigenvalue weighted by Gasteiger charge is 2.15. The first-order valence-electron chi connectivity index (χ1n) is 7.19. The molecule has 1 nitrogen and oxygen atoms in total. The van der Waals surface area contributed by atoms with Gasteiger partial charge in [0.25, 0.3) is 0 Å². The van der Waals surface area contributed by atoms with Gasteiger partial charge in [0, 0.05) is 16.1 Å². The van der Waals surface area contributed by atoms with E-state index in [9.17, 15) is 4.39 Å². The van der Waals surface area contributed by atoms with Crippen molar-refractivity contribution in [3.8, 4) is 0 Å². The summed E-state index contributed by atoms with van der Waals surface area (Å²) in [6.07, 6.45) is 11.3. The number of hydrogen-bond acceptors (Lipinski definition) is 0. The second-order valence-corrected chi connectivity index (χ2v) is 6.52. The van der Waals surface area contributed by atoms with Crippen molar-refractivity contribution in [3.63, 3.8) is 0 Å². The Kier molecular flexibility index (Phi) is 3.92. The van der Waals surface area contributed by atoms with Crippen LogP contribution in [0.25, 0.3) is 10.9 Å². The summed E-state index contributed by atoms with van der Waals surface area (Å²) in [5, 5.41) is 1.03. The SMILES string of the molecule is Fc1cc(Br)c2[nH]cc(CCC3CCCCC3)c2c1. The van der Waals surface area contributed by atoms with Crippen LogP contribution in [0.2, 0.25) is 0 Å². The van der Waals surface area contributed by atoms with Gasteiger partial charge in [0.2, 0.25) is 0 Å². The van der Waals surface area contributed by atoms with E-state index in [0.29, 0.717) is 0 Å². The molecule has 1 fully saturated rings. The van der Waals surface area contributed by atoms with Gasteiger partial charge in [-0.25, -0.2) is 4.39 Å². The van der Waals surface area contributed by atoms with E-state index in [1.54, 1.807) is 6.07 Å². The molecule has 0 unspecified atom stereocenters. The molecule has 2 aromatic rings. The lowest BCUT2D eigenvalue weighted by Crippen LogP contribution is -2.07. The molecule has 0 bridgehead atoms. The standard InChI is InChI=1S/C16H19BrFN/c17-15-9-13(18)8-14-12(10-19-16(14)15)7-6-11-4-2-1-3-5-11/h8-11,19H,1-7H2. The highest BCUT2D eigenvalue weighted by Crippen LogP contribution is 2.31. The molecule has 0 amide bonds. The summed E-state index contributed by atoms with van der Waals surface area (Å²) in [6, 6.07) is 3.16. The van der Waals surface area contributed by atoms with Crippen LogP contribution < -0.4 is 0 Å². The van der Waals surface area contributed by atoms with E-state index in [1.165, 1.54) is 50.2 Å². The summed E-state index contributed by atoms with van der Waals surface area (Å²) in [5.41, 5.74) is 2.26.